The van der Waals surface area contributed by atoms with Gasteiger partial charge in [0, 0.05) is 18.2 Å². The van der Waals surface area contributed by atoms with E-state index < -0.39 is 6.10 Å². The number of benzene rings is 1. The molecular weight excluding hydrogens is 235 g/mol. The van der Waals surface area contributed by atoms with Crippen LogP contribution in [0.5, 0.6) is 5.75 Å². The fourth-order valence-corrected chi connectivity index (χ4v) is 1.51. The standard InChI is InChI=1S/C14H21FO3/c1-10(2)9-17-6-7-18-14-8-12(15)4-5-13(14)11(3)16/h4-5,8,10-11,16H,6-7,9H2,1-3H3/t11-/m1/s1. The summed E-state index contributed by atoms with van der Waals surface area (Å²) >= 11 is 0. The SMILES string of the molecule is CC(C)COCCOc1cc(F)ccc1[C@@H](C)O. The average molecular weight is 256 g/mol. The first-order valence-electron chi connectivity index (χ1n) is 6.18. The molecule has 0 amide bonds. The van der Waals surface area contributed by atoms with Crippen LogP contribution in [0.1, 0.15) is 32.4 Å². The van der Waals surface area contributed by atoms with Crippen LogP contribution in [0.4, 0.5) is 4.39 Å². The number of ether oxygens (including phenoxy) is 2. The lowest BCUT2D eigenvalue weighted by Gasteiger charge is -2.14. The maximum absolute atomic E-state index is 13.1. The Hall–Kier alpha value is -1.13. The van der Waals surface area contributed by atoms with Crippen molar-refractivity contribution in [1.82, 2.24) is 0 Å². The van der Waals surface area contributed by atoms with Gasteiger partial charge in [-0.05, 0) is 25.0 Å². The van der Waals surface area contributed by atoms with Gasteiger partial charge in [-0.15, -0.1) is 0 Å². The maximum atomic E-state index is 13.1. The van der Waals surface area contributed by atoms with E-state index in [-0.39, 0.29) is 5.82 Å². The van der Waals surface area contributed by atoms with E-state index in [4.69, 9.17) is 9.47 Å². The van der Waals surface area contributed by atoms with Gasteiger partial charge in [-0.1, -0.05) is 13.8 Å². The lowest BCUT2D eigenvalue weighted by atomic mass is 10.1. The van der Waals surface area contributed by atoms with Crippen LogP contribution in [0, 0.1) is 11.7 Å². The fraction of sp³-hybridized carbons (Fsp3) is 0.571. The van der Waals surface area contributed by atoms with Crippen molar-refractivity contribution in [2.75, 3.05) is 19.8 Å². The summed E-state index contributed by atoms with van der Waals surface area (Å²) in [6, 6.07) is 4.12. The van der Waals surface area contributed by atoms with Crippen LogP contribution in [0.3, 0.4) is 0 Å². The average Bonchev–Trinajstić information content (AvgIpc) is 2.27. The molecule has 1 rings (SSSR count). The van der Waals surface area contributed by atoms with E-state index >= 15 is 0 Å². The molecule has 1 N–H and O–H groups in total. The van der Waals surface area contributed by atoms with Gasteiger partial charge >= 0.3 is 0 Å². The molecule has 0 saturated heterocycles. The van der Waals surface area contributed by atoms with Crippen LogP contribution in [-0.2, 0) is 4.74 Å². The Labute approximate surface area is 108 Å². The van der Waals surface area contributed by atoms with Gasteiger partial charge in [0.2, 0.25) is 0 Å². The van der Waals surface area contributed by atoms with E-state index in [1.807, 2.05) is 0 Å². The Morgan fingerprint density at radius 1 is 1.22 bits per heavy atom. The maximum Gasteiger partial charge on any atom is 0.128 e. The lowest BCUT2D eigenvalue weighted by Crippen LogP contribution is -2.11. The van der Waals surface area contributed by atoms with Crippen LogP contribution in [0.25, 0.3) is 0 Å². The number of hydrogen-bond acceptors (Lipinski definition) is 3. The summed E-state index contributed by atoms with van der Waals surface area (Å²) in [4.78, 5) is 0. The zero-order chi connectivity index (χ0) is 13.5. The third-order valence-corrected chi connectivity index (χ3v) is 2.36. The van der Waals surface area contributed by atoms with Crippen molar-refractivity contribution in [2.24, 2.45) is 5.92 Å². The number of aliphatic hydroxyl groups is 1. The van der Waals surface area contributed by atoms with Gasteiger partial charge in [0.25, 0.3) is 0 Å². The Bertz CT molecular complexity index is 364. The Kier molecular flexibility index (Phi) is 6.09. The van der Waals surface area contributed by atoms with Crippen molar-refractivity contribution in [2.45, 2.75) is 26.9 Å². The summed E-state index contributed by atoms with van der Waals surface area (Å²) in [6.07, 6.45) is -0.683. The van der Waals surface area contributed by atoms with E-state index in [1.54, 1.807) is 6.92 Å². The second-order valence-corrected chi connectivity index (χ2v) is 4.68. The molecular formula is C14H21FO3. The molecule has 1 atom stereocenters. The highest BCUT2D eigenvalue weighted by molar-refractivity contribution is 5.35. The molecule has 1 aromatic rings. The van der Waals surface area contributed by atoms with Crippen molar-refractivity contribution in [3.63, 3.8) is 0 Å². The smallest absolute Gasteiger partial charge is 0.128 e. The molecule has 0 aliphatic carbocycles. The molecule has 0 aliphatic rings. The molecule has 0 aromatic heterocycles. The van der Waals surface area contributed by atoms with Gasteiger partial charge in [-0.2, -0.15) is 0 Å². The predicted molar refractivity (Wildman–Crippen MR) is 68.2 cm³/mol. The summed E-state index contributed by atoms with van der Waals surface area (Å²) in [7, 11) is 0. The van der Waals surface area contributed by atoms with E-state index in [2.05, 4.69) is 13.8 Å². The quantitative estimate of drug-likeness (QED) is 0.762. The Balaban J connectivity index is 2.48. The molecule has 0 aliphatic heterocycles. The summed E-state index contributed by atoms with van der Waals surface area (Å²) in [5, 5.41) is 9.54. The number of hydrogen-bond donors (Lipinski definition) is 1. The molecule has 0 unspecified atom stereocenters. The topological polar surface area (TPSA) is 38.7 Å². The monoisotopic (exact) mass is 256 g/mol. The molecule has 0 spiro atoms. The second-order valence-electron chi connectivity index (χ2n) is 4.68. The van der Waals surface area contributed by atoms with Gasteiger partial charge in [0.15, 0.2) is 0 Å². The highest BCUT2D eigenvalue weighted by Crippen LogP contribution is 2.25. The third-order valence-electron chi connectivity index (χ3n) is 2.36. The van der Waals surface area contributed by atoms with Crippen molar-refractivity contribution < 1.29 is 19.0 Å². The second kappa shape index (κ2) is 7.34. The first kappa shape index (κ1) is 14.9. The lowest BCUT2D eigenvalue weighted by molar-refractivity contribution is 0.0804. The summed E-state index contributed by atoms with van der Waals surface area (Å²) in [5.41, 5.74) is 0.584. The van der Waals surface area contributed by atoms with Crippen molar-refractivity contribution in [3.8, 4) is 5.75 Å². The molecule has 0 saturated carbocycles. The first-order valence-corrected chi connectivity index (χ1v) is 6.18. The minimum Gasteiger partial charge on any atom is -0.491 e. The minimum absolute atomic E-state index is 0.343. The van der Waals surface area contributed by atoms with Crippen LogP contribution in [0.2, 0.25) is 0 Å². The van der Waals surface area contributed by atoms with E-state index in [0.717, 1.165) is 0 Å². The van der Waals surface area contributed by atoms with E-state index in [9.17, 15) is 9.50 Å². The fourth-order valence-electron chi connectivity index (χ4n) is 1.51. The molecule has 18 heavy (non-hydrogen) atoms. The van der Waals surface area contributed by atoms with Crippen LogP contribution in [0.15, 0.2) is 18.2 Å². The Morgan fingerprint density at radius 3 is 2.56 bits per heavy atom. The highest BCUT2D eigenvalue weighted by Gasteiger charge is 2.10. The molecule has 102 valence electrons. The zero-order valence-electron chi connectivity index (χ0n) is 11.1. The van der Waals surface area contributed by atoms with Gasteiger partial charge in [-0.25, -0.2) is 4.39 Å². The van der Waals surface area contributed by atoms with Crippen LogP contribution >= 0.6 is 0 Å². The number of halogens is 1. The normalized spacial score (nSPS) is 12.8. The number of rotatable bonds is 7. The molecule has 1 aromatic carbocycles. The number of aliphatic hydroxyl groups excluding tert-OH is 1. The molecule has 0 heterocycles. The van der Waals surface area contributed by atoms with E-state index in [1.165, 1.54) is 18.2 Å². The van der Waals surface area contributed by atoms with Gasteiger partial charge < -0.3 is 14.6 Å². The van der Waals surface area contributed by atoms with Gasteiger partial charge in [-0.3, -0.25) is 0 Å². The van der Waals surface area contributed by atoms with Crippen LogP contribution < -0.4 is 4.74 Å². The van der Waals surface area contributed by atoms with Gasteiger partial charge in [0.05, 0.1) is 12.7 Å². The first-order chi connectivity index (χ1) is 8.50. The van der Waals surface area contributed by atoms with Crippen molar-refractivity contribution >= 4 is 0 Å². The minimum atomic E-state index is -0.683. The molecule has 0 fully saturated rings. The van der Waals surface area contributed by atoms with Gasteiger partial charge in [0.1, 0.15) is 18.2 Å². The molecule has 0 radical (unpaired) electrons. The van der Waals surface area contributed by atoms with Crippen LogP contribution in [-0.4, -0.2) is 24.9 Å². The largest absolute Gasteiger partial charge is 0.491 e. The zero-order valence-corrected chi connectivity index (χ0v) is 11.1. The summed E-state index contributed by atoms with van der Waals surface area (Å²) < 4.78 is 23.9. The molecule has 4 heteroatoms. The van der Waals surface area contributed by atoms with Crippen molar-refractivity contribution in [3.05, 3.63) is 29.6 Å². The van der Waals surface area contributed by atoms with Crippen molar-refractivity contribution in [1.29, 1.82) is 0 Å². The predicted octanol–water partition coefficient (Wildman–Crippen LogP) is 2.93. The van der Waals surface area contributed by atoms with E-state index in [0.29, 0.717) is 37.1 Å². The highest BCUT2D eigenvalue weighted by atomic mass is 19.1. The summed E-state index contributed by atoms with van der Waals surface area (Å²) in [6.45, 7) is 7.23. The third kappa shape index (κ3) is 5.02. The molecule has 3 nitrogen and oxygen atoms in total. The Morgan fingerprint density at radius 2 is 1.94 bits per heavy atom. The molecule has 0 bridgehead atoms. The summed E-state index contributed by atoms with van der Waals surface area (Å²) in [5.74, 6) is 0.475.